The van der Waals surface area contributed by atoms with Crippen LogP contribution < -0.4 is 5.32 Å². The fourth-order valence-corrected chi connectivity index (χ4v) is 3.90. The second-order valence-corrected chi connectivity index (χ2v) is 7.34. The molecule has 0 saturated carbocycles. The average molecular weight is 396 g/mol. The Kier molecular flexibility index (Phi) is 5.74. The summed E-state index contributed by atoms with van der Waals surface area (Å²) in [7, 11) is 0. The van der Waals surface area contributed by atoms with Crippen molar-refractivity contribution < 1.29 is 9.32 Å². The van der Waals surface area contributed by atoms with E-state index in [0.29, 0.717) is 12.3 Å². The van der Waals surface area contributed by atoms with Gasteiger partial charge in [-0.15, -0.1) is 0 Å². The van der Waals surface area contributed by atoms with E-state index in [1.807, 2.05) is 54.6 Å². The molecular weight excluding hydrogens is 374 g/mol. The van der Waals surface area contributed by atoms with Crippen molar-refractivity contribution in [3.63, 3.8) is 0 Å². The number of nitrogens with zero attached hydrogens (tertiary/aromatic N) is 2. The van der Waals surface area contributed by atoms with Crippen LogP contribution in [0.25, 0.3) is 11.3 Å². The summed E-state index contributed by atoms with van der Waals surface area (Å²) in [5.41, 5.74) is 2.20. The van der Waals surface area contributed by atoms with E-state index in [-0.39, 0.29) is 17.6 Å². The van der Waals surface area contributed by atoms with Crippen molar-refractivity contribution in [2.75, 3.05) is 19.6 Å². The normalized spacial score (nSPS) is 15.5. The van der Waals surface area contributed by atoms with Gasteiger partial charge in [-0.2, -0.15) is 0 Å². The van der Waals surface area contributed by atoms with Crippen LogP contribution >= 0.6 is 11.6 Å². The predicted octanol–water partition coefficient (Wildman–Crippen LogP) is 4.56. The van der Waals surface area contributed by atoms with Gasteiger partial charge in [0.2, 0.25) is 0 Å². The van der Waals surface area contributed by atoms with Crippen LogP contribution in [0.1, 0.15) is 34.9 Å². The van der Waals surface area contributed by atoms with Crippen molar-refractivity contribution in [1.82, 2.24) is 15.4 Å². The summed E-state index contributed by atoms with van der Waals surface area (Å²) in [5.74, 6) is 0.329. The molecule has 0 spiro atoms. The Balaban J connectivity index is 1.47. The molecule has 1 saturated heterocycles. The van der Waals surface area contributed by atoms with Gasteiger partial charge in [-0.05, 0) is 37.6 Å². The Morgan fingerprint density at radius 1 is 1.11 bits per heavy atom. The standard InChI is InChI=1S/C22H22ClN3O2/c23-18-11-5-4-10-17(18)20(26-12-6-7-13-26)15-24-22(27)19-14-21(28-25-19)16-8-2-1-3-9-16/h1-5,8-11,14,20H,6-7,12-13,15H2,(H,24,27)/t20-/m0/s1. The molecule has 6 heteroatoms. The maximum absolute atomic E-state index is 12.6. The van der Waals surface area contributed by atoms with Crippen LogP contribution in [0, 0.1) is 0 Å². The van der Waals surface area contributed by atoms with E-state index in [2.05, 4.69) is 15.4 Å². The zero-order valence-corrected chi connectivity index (χ0v) is 16.2. The third-order valence-electron chi connectivity index (χ3n) is 5.10. The highest BCUT2D eigenvalue weighted by Gasteiger charge is 2.26. The molecule has 1 aliphatic rings. The Hall–Kier alpha value is -2.63. The number of carbonyl (C=O) groups excluding carboxylic acids is 1. The summed E-state index contributed by atoms with van der Waals surface area (Å²) in [5, 5.41) is 7.66. The Morgan fingerprint density at radius 3 is 2.57 bits per heavy atom. The molecular formula is C22H22ClN3O2. The molecule has 1 N–H and O–H groups in total. The molecule has 144 valence electrons. The number of nitrogens with one attached hydrogen (secondary N) is 1. The molecule has 0 unspecified atom stereocenters. The van der Waals surface area contributed by atoms with Gasteiger partial charge < -0.3 is 9.84 Å². The van der Waals surface area contributed by atoms with E-state index < -0.39 is 0 Å². The molecule has 28 heavy (non-hydrogen) atoms. The van der Waals surface area contributed by atoms with Crippen LogP contribution in [0.3, 0.4) is 0 Å². The number of halogens is 1. The molecule has 4 rings (SSSR count). The topological polar surface area (TPSA) is 58.4 Å². The fourth-order valence-electron chi connectivity index (χ4n) is 3.63. The molecule has 1 fully saturated rings. The molecule has 3 aromatic rings. The van der Waals surface area contributed by atoms with Crippen LogP contribution in [0.4, 0.5) is 0 Å². The Morgan fingerprint density at radius 2 is 1.82 bits per heavy atom. The zero-order chi connectivity index (χ0) is 19.3. The highest BCUT2D eigenvalue weighted by atomic mass is 35.5. The maximum atomic E-state index is 12.6. The highest BCUT2D eigenvalue weighted by molar-refractivity contribution is 6.31. The molecule has 1 atom stereocenters. The molecule has 0 aliphatic carbocycles. The largest absolute Gasteiger partial charge is 0.355 e. The minimum absolute atomic E-state index is 0.0423. The quantitative estimate of drug-likeness (QED) is 0.664. The molecule has 0 bridgehead atoms. The molecule has 1 aromatic heterocycles. The number of rotatable bonds is 6. The lowest BCUT2D eigenvalue weighted by atomic mass is 10.1. The van der Waals surface area contributed by atoms with Crippen molar-refractivity contribution in [2.45, 2.75) is 18.9 Å². The molecule has 5 nitrogen and oxygen atoms in total. The number of likely N-dealkylation sites (tertiary alicyclic amines) is 1. The van der Waals surface area contributed by atoms with E-state index in [9.17, 15) is 4.79 Å². The Bertz CT molecular complexity index is 936. The smallest absolute Gasteiger partial charge is 0.273 e. The van der Waals surface area contributed by atoms with Gasteiger partial charge in [-0.25, -0.2) is 0 Å². The van der Waals surface area contributed by atoms with Crippen molar-refractivity contribution in [1.29, 1.82) is 0 Å². The third-order valence-corrected chi connectivity index (χ3v) is 5.45. The van der Waals surface area contributed by atoms with E-state index in [4.69, 9.17) is 16.1 Å². The first-order valence-corrected chi connectivity index (χ1v) is 9.89. The van der Waals surface area contributed by atoms with Crippen LogP contribution in [-0.4, -0.2) is 35.6 Å². The first kappa shape index (κ1) is 18.7. The van der Waals surface area contributed by atoms with E-state index >= 15 is 0 Å². The van der Waals surface area contributed by atoms with Crippen molar-refractivity contribution in [3.05, 3.63) is 76.9 Å². The molecule has 2 aromatic carbocycles. The number of carbonyl (C=O) groups is 1. The van der Waals surface area contributed by atoms with Crippen LogP contribution in [-0.2, 0) is 0 Å². The van der Waals surface area contributed by atoms with Crippen LogP contribution in [0.5, 0.6) is 0 Å². The number of benzene rings is 2. The van der Waals surface area contributed by atoms with Gasteiger partial charge in [-0.3, -0.25) is 9.69 Å². The minimum atomic E-state index is -0.248. The summed E-state index contributed by atoms with van der Waals surface area (Å²) in [6, 6.07) is 19.1. The summed E-state index contributed by atoms with van der Waals surface area (Å²) in [4.78, 5) is 15.0. The third kappa shape index (κ3) is 4.11. The van der Waals surface area contributed by atoms with Crippen LogP contribution in [0.2, 0.25) is 5.02 Å². The number of amides is 1. The van der Waals surface area contributed by atoms with Crippen molar-refractivity contribution in [2.24, 2.45) is 0 Å². The van der Waals surface area contributed by atoms with Crippen molar-refractivity contribution in [3.8, 4) is 11.3 Å². The maximum Gasteiger partial charge on any atom is 0.273 e. The lowest BCUT2D eigenvalue weighted by Gasteiger charge is -2.28. The predicted molar refractivity (Wildman–Crippen MR) is 109 cm³/mol. The SMILES string of the molecule is O=C(NC[C@@H](c1ccccc1Cl)N1CCCC1)c1cc(-c2ccccc2)on1. The van der Waals surface area contributed by atoms with E-state index in [0.717, 1.165) is 29.2 Å². The summed E-state index contributed by atoms with van der Waals surface area (Å²) in [6.07, 6.45) is 2.33. The second-order valence-electron chi connectivity index (χ2n) is 6.93. The first-order valence-electron chi connectivity index (χ1n) is 9.51. The summed E-state index contributed by atoms with van der Waals surface area (Å²) < 4.78 is 5.34. The van der Waals surface area contributed by atoms with Gasteiger partial charge in [0.05, 0.1) is 6.04 Å². The van der Waals surface area contributed by atoms with Gasteiger partial charge in [-0.1, -0.05) is 65.3 Å². The highest BCUT2D eigenvalue weighted by Crippen LogP contribution is 2.30. The van der Waals surface area contributed by atoms with Gasteiger partial charge in [0.1, 0.15) is 0 Å². The summed E-state index contributed by atoms with van der Waals surface area (Å²) in [6.45, 7) is 2.48. The number of aromatic nitrogens is 1. The number of hydrogen-bond acceptors (Lipinski definition) is 4. The van der Waals surface area contributed by atoms with Crippen LogP contribution in [0.15, 0.2) is 65.2 Å². The van der Waals surface area contributed by atoms with Crippen molar-refractivity contribution >= 4 is 17.5 Å². The first-order chi connectivity index (χ1) is 13.7. The Labute approximate surface area is 169 Å². The number of hydrogen-bond donors (Lipinski definition) is 1. The van der Waals surface area contributed by atoms with E-state index in [1.165, 1.54) is 12.8 Å². The minimum Gasteiger partial charge on any atom is -0.355 e. The van der Waals surface area contributed by atoms with E-state index in [1.54, 1.807) is 6.07 Å². The molecule has 1 amide bonds. The summed E-state index contributed by atoms with van der Waals surface area (Å²) >= 11 is 6.43. The fraction of sp³-hybridized carbons (Fsp3) is 0.273. The molecule has 0 radical (unpaired) electrons. The van der Waals surface area contributed by atoms with Gasteiger partial charge in [0.15, 0.2) is 11.5 Å². The zero-order valence-electron chi connectivity index (χ0n) is 15.5. The monoisotopic (exact) mass is 395 g/mol. The lowest BCUT2D eigenvalue weighted by Crippen LogP contribution is -2.37. The average Bonchev–Trinajstić information content (AvgIpc) is 3.42. The molecule has 1 aliphatic heterocycles. The lowest BCUT2D eigenvalue weighted by molar-refractivity contribution is 0.0929. The molecule has 2 heterocycles. The van der Waals surface area contributed by atoms with Gasteiger partial charge >= 0.3 is 0 Å². The van der Waals surface area contributed by atoms with Gasteiger partial charge in [0.25, 0.3) is 5.91 Å². The second kappa shape index (κ2) is 8.59. The van der Waals surface area contributed by atoms with Gasteiger partial charge in [0, 0.05) is 23.2 Å².